The summed E-state index contributed by atoms with van der Waals surface area (Å²) in [6.45, 7) is 8.46. The molecular formula is C32H32N2O6S. The van der Waals surface area contributed by atoms with E-state index in [1.807, 2.05) is 38.1 Å². The number of aliphatic imine (C=N–C) groups is 2. The fourth-order valence-electron chi connectivity index (χ4n) is 3.86. The van der Waals surface area contributed by atoms with Crippen LogP contribution in [-0.2, 0) is 19.3 Å². The van der Waals surface area contributed by atoms with Gasteiger partial charge in [-0.3, -0.25) is 0 Å². The van der Waals surface area contributed by atoms with Crippen LogP contribution in [-0.4, -0.2) is 33.4 Å². The Bertz CT molecular complexity index is 1510. The Hall–Kier alpha value is -4.63. The second kappa shape index (κ2) is 13.6. The minimum Gasteiger partial charge on any atom is -0.481 e. The first kappa shape index (κ1) is 29.4. The molecule has 0 atom stereocenters. The Balaban J connectivity index is 1.43. The van der Waals surface area contributed by atoms with Gasteiger partial charge in [0.2, 0.25) is 9.84 Å². The van der Waals surface area contributed by atoms with Gasteiger partial charge in [-0.2, -0.15) is 0 Å². The molecular weight excluding hydrogens is 540 g/mol. The molecule has 4 rings (SSSR count). The van der Waals surface area contributed by atoms with E-state index in [-0.39, 0.29) is 9.79 Å². The molecule has 212 valence electrons. The molecule has 9 heteroatoms. The van der Waals surface area contributed by atoms with Gasteiger partial charge in [0, 0.05) is 26.0 Å². The van der Waals surface area contributed by atoms with Gasteiger partial charge in [0.1, 0.15) is 23.0 Å². The van der Waals surface area contributed by atoms with E-state index in [0.29, 0.717) is 59.4 Å². The summed E-state index contributed by atoms with van der Waals surface area (Å²) in [6, 6.07) is 27.1. The molecule has 0 amide bonds. The highest BCUT2D eigenvalue weighted by Gasteiger charge is 2.18. The molecule has 0 aliphatic carbocycles. The first-order valence-electron chi connectivity index (χ1n) is 13.1. The van der Waals surface area contributed by atoms with Crippen molar-refractivity contribution in [2.45, 2.75) is 37.5 Å². The fraction of sp³-hybridized carbons (Fsp3) is 0.188. The largest absolute Gasteiger partial charge is 0.481 e. The van der Waals surface area contributed by atoms with Crippen LogP contribution in [0.4, 0.5) is 11.4 Å². The molecule has 41 heavy (non-hydrogen) atoms. The van der Waals surface area contributed by atoms with Crippen molar-refractivity contribution in [3.63, 3.8) is 0 Å². The summed E-state index contributed by atoms with van der Waals surface area (Å²) in [7, 11) is -3.74. The number of hydrogen-bond donors (Lipinski definition) is 0. The summed E-state index contributed by atoms with van der Waals surface area (Å²) in [4.78, 5) is 9.10. The van der Waals surface area contributed by atoms with Gasteiger partial charge in [-0.1, -0.05) is 12.1 Å². The first-order valence-corrected chi connectivity index (χ1v) is 14.6. The van der Waals surface area contributed by atoms with Crippen molar-refractivity contribution >= 4 is 33.0 Å². The molecule has 0 aromatic heterocycles. The highest BCUT2D eigenvalue weighted by molar-refractivity contribution is 7.91. The molecule has 0 N–H and O–H groups in total. The lowest BCUT2D eigenvalue weighted by Crippen LogP contribution is -2.01. The van der Waals surface area contributed by atoms with Crippen LogP contribution in [0.2, 0.25) is 0 Å². The maximum atomic E-state index is 13.2. The second-order valence-electron chi connectivity index (χ2n) is 8.77. The van der Waals surface area contributed by atoms with E-state index in [2.05, 4.69) is 9.98 Å². The molecule has 4 aromatic carbocycles. The zero-order valence-corrected chi connectivity index (χ0v) is 24.2. The molecule has 0 radical (unpaired) electrons. The van der Waals surface area contributed by atoms with E-state index in [4.69, 9.17) is 18.9 Å². The smallest absolute Gasteiger partial charge is 0.206 e. The number of sulfone groups is 1. The van der Waals surface area contributed by atoms with Gasteiger partial charge >= 0.3 is 0 Å². The lowest BCUT2D eigenvalue weighted by molar-refractivity contribution is 0.324. The van der Waals surface area contributed by atoms with Crippen LogP contribution < -0.4 is 9.47 Å². The molecule has 0 aliphatic rings. The van der Waals surface area contributed by atoms with Crippen LogP contribution in [0.25, 0.3) is 0 Å². The molecule has 0 bridgehead atoms. The molecule has 0 saturated carbocycles. The highest BCUT2D eigenvalue weighted by atomic mass is 32.2. The summed E-state index contributed by atoms with van der Waals surface area (Å²) < 4.78 is 49.1. The molecule has 0 saturated heterocycles. The Morgan fingerprint density at radius 1 is 0.585 bits per heavy atom. The summed E-state index contributed by atoms with van der Waals surface area (Å²) in [5, 5.41) is 0. The lowest BCUT2D eigenvalue weighted by atomic mass is 10.3. The average Bonchev–Trinajstić information content (AvgIpc) is 2.94. The zero-order chi connectivity index (χ0) is 29.2. The van der Waals surface area contributed by atoms with Gasteiger partial charge in [0.25, 0.3) is 0 Å². The summed E-state index contributed by atoms with van der Waals surface area (Å²) in [5.74, 6) is 3.26. The first-order chi connectivity index (χ1) is 19.8. The van der Waals surface area contributed by atoms with Crippen molar-refractivity contribution in [3.05, 3.63) is 97.1 Å². The second-order valence-corrected chi connectivity index (χ2v) is 10.7. The van der Waals surface area contributed by atoms with E-state index >= 15 is 0 Å². The standard InChI is InChI=1S/C32H32N2O6S/c1-5-37-23(3)33-25-9-7-11-29(21-25)39-27-13-17-31(18-14-27)41(35,36)32-19-15-28(16-20-32)40-30-12-8-10-26(22-30)34-24(4)38-6-2/h7-22H,5-6H2,1-4H3/b33-23-,34-24-. The van der Waals surface area contributed by atoms with Gasteiger partial charge in [-0.15, -0.1) is 0 Å². The van der Waals surface area contributed by atoms with Crippen molar-refractivity contribution in [2.24, 2.45) is 9.98 Å². The summed E-state index contributed by atoms with van der Waals surface area (Å²) >= 11 is 0. The van der Waals surface area contributed by atoms with Crippen LogP contribution in [0.5, 0.6) is 23.0 Å². The Kier molecular flexibility index (Phi) is 9.76. The van der Waals surface area contributed by atoms with E-state index in [1.54, 1.807) is 62.4 Å². The zero-order valence-electron chi connectivity index (χ0n) is 23.4. The van der Waals surface area contributed by atoms with Crippen molar-refractivity contribution in [1.29, 1.82) is 0 Å². The molecule has 0 heterocycles. The molecule has 0 unspecified atom stereocenters. The van der Waals surface area contributed by atoms with Crippen LogP contribution in [0.1, 0.15) is 27.7 Å². The van der Waals surface area contributed by atoms with Crippen LogP contribution in [0, 0.1) is 0 Å². The van der Waals surface area contributed by atoms with E-state index < -0.39 is 9.84 Å². The van der Waals surface area contributed by atoms with Gasteiger partial charge in [-0.05, 0) is 86.6 Å². The molecule has 4 aromatic rings. The molecule has 0 aliphatic heterocycles. The van der Waals surface area contributed by atoms with Crippen LogP contribution >= 0.6 is 0 Å². The molecule has 0 fully saturated rings. The number of ether oxygens (including phenoxy) is 4. The maximum absolute atomic E-state index is 13.2. The minimum absolute atomic E-state index is 0.152. The van der Waals surface area contributed by atoms with Crippen LogP contribution in [0.3, 0.4) is 0 Å². The van der Waals surface area contributed by atoms with Crippen molar-refractivity contribution < 1.29 is 27.4 Å². The monoisotopic (exact) mass is 572 g/mol. The van der Waals surface area contributed by atoms with Crippen molar-refractivity contribution in [1.82, 2.24) is 0 Å². The van der Waals surface area contributed by atoms with Gasteiger partial charge in [0.15, 0.2) is 11.8 Å². The summed E-state index contributed by atoms with van der Waals surface area (Å²) in [6.07, 6.45) is 0. The third kappa shape index (κ3) is 8.18. The highest BCUT2D eigenvalue weighted by Crippen LogP contribution is 2.30. The van der Waals surface area contributed by atoms with Crippen molar-refractivity contribution in [2.75, 3.05) is 13.2 Å². The van der Waals surface area contributed by atoms with Gasteiger partial charge in [0.05, 0.1) is 34.4 Å². The molecule has 8 nitrogen and oxygen atoms in total. The van der Waals surface area contributed by atoms with E-state index in [0.717, 1.165) is 0 Å². The van der Waals surface area contributed by atoms with Crippen molar-refractivity contribution in [3.8, 4) is 23.0 Å². The number of nitrogens with zero attached hydrogens (tertiary/aromatic N) is 2. The maximum Gasteiger partial charge on any atom is 0.206 e. The quantitative estimate of drug-likeness (QED) is 0.140. The normalized spacial score (nSPS) is 12.1. The Morgan fingerprint density at radius 2 is 0.976 bits per heavy atom. The Labute approximate surface area is 240 Å². The predicted octanol–water partition coefficient (Wildman–Crippen LogP) is 8.28. The topological polar surface area (TPSA) is 95.8 Å². The minimum atomic E-state index is -3.74. The van der Waals surface area contributed by atoms with Gasteiger partial charge in [-0.25, -0.2) is 18.4 Å². The van der Waals surface area contributed by atoms with E-state index in [9.17, 15) is 8.42 Å². The SMILES string of the molecule is CCO/C(C)=N\c1cccc(Oc2ccc(S(=O)(=O)c3ccc(Oc4cccc(/N=C(/C)OCC)c4)cc3)cc2)c1. The third-order valence-electron chi connectivity index (χ3n) is 5.65. The Morgan fingerprint density at radius 3 is 1.34 bits per heavy atom. The number of benzene rings is 4. The molecule has 0 spiro atoms. The number of hydrogen-bond acceptors (Lipinski definition) is 8. The summed E-state index contributed by atoms with van der Waals surface area (Å²) in [5.41, 5.74) is 1.39. The third-order valence-corrected chi connectivity index (χ3v) is 7.44. The van der Waals surface area contributed by atoms with Crippen LogP contribution in [0.15, 0.2) is 117 Å². The van der Waals surface area contributed by atoms with Gasteiger partial charge < -0.3 is 18.9 Å². The fourth-order valence-corrected chi connectivity index (χ4v) is 5.12. The lowest BCUT2D eigenvalue weighted by Gasteiger charge is -2.10. The van der Waals surface area contributed by atoms with E-state index in [1.165, 1.54) is 24.3 Å². The average molecular weight is 573 g/mol. The predicted molar refractivity (Wildman–Crippen MR) is 160 cm³/mol. The number of rotatable bonds is 10.